The molecule has 0 unspecified atom stereocenters. The number of aromatic amines is 1. The molecule has 2 N–H and O–H groups in total. The molecule has 3 aromatic rings. The van der Waals surface area contributed by atoms with E-state index in [4.69, 9.17) is 0 Å². The van der Waals surface area contributed by atoms with Crippen LogP contribution in [0.3, 0.4) is 0 Å². The van der Waals surface area contributed by atoms with Crippen LogP contribution in [0.1, 0.15) is 5.56 Å². The van der Waals surface area contributed by atoms with E-state index in [1.54, 1.807) is 30.5 Å². The largest absolute Gasteiger partial charge is 0.325 e. The predicted molar refractivity (Wildman–Crippen MR) is 74.8 cm³/mol. The second-order valence-corrected chi connectivity index (χ2v) is 4.45. The van der Waals surface area contributed by atoms with E-state index in [0.717, 1.165) is 10.9 Å². The molecule has 5 heteroatoms. The molecule has 0 aliphatic rings. The first-order valence-electron chi connectivity index (χ1n) is 6.19. The molecular formula is C15H12FN3O. The van der Waals surface area contributed by atoms with E-state index in [1.807, 2.05) is 12.1 Å². The van der Waals surface area contributed by atoms with Crippen LogP contribution >= 0.6 is 0 Å². The molecule has 3 rings (SSSR count). The molecule has 1 heterocycles. The van der Waals surface area contributed by atoms with Gasteiger partial charge in [0, 0.05) is 5.39 Å². The first-order chi connectivity index (χ1) is 9.74. The zero-order valence-corrected chi connectivity index (χ0v) is 10.6. The highest BCUT2D eigenvalue weighted by atomic mass is 19.1. The maximum Gasteiger partial charge on any atom is 0.228 e. The molecule has 20 heavy (non-hydrogen) atoms. The molecule has 100 valence electrons. The smallest absolute Gasteiger partial charge is 0.228 e. The third-order valence-electron chi connectivity index (χ3n) is 3.07. The van der Waals surface area contributed by atoms with Crippen LogP contribution in [0.15, 0.2) is 48.7 Å². The number of nitrogens with zero attached hydrogens (tertiary/aromatic N) is 1. The number of carbonyl (C=O) groups excluding carboxylic acids is 1. The summed E-state index contributed by atoms with van der Waals surface area (Å²) in [5.41, 5.74) is 1.88. The molecular weight excluding hydrogens is 257 g/mol. The van der Waals surface area contributed by atoms with Crippen LogP contribution in [-0.2, 0) is 11.2 Å². The van der Waals surface area contributed by atoms with Crippen LogP contribution in [0.5, 0.6) is 0 Å². The number of nitrogens with one attached hydrogen (secondary N) is 2. The first kappa shape index (κ1) is 12.3. The summed E-state index contributed by atoms with van der Waals surface area (Å²) in [7, 11) is 0. The Morgan fingerprint density at radius 2 is 2.05 bits per heavy atom. The van der Waals surface area contributed by atoms with Gasteiger partial charge in [-0.15, -0.1) is 0 Å². The molecule has 0 aliphatic heterocycles. The fraction of sp³-hybridized carbons (Fsp3) is 0.0667. The van der Waals surface area contributed by atoms with Gasteiger partial charge < -0.3 is 5.32 Å². The van der Waals surface area contributed by atoms with Crippen molar-refractivity contribution in [1.82, 2.24) is 10.2 Å². The Hall–Kier alpha value is -2.69. The lowest BCUT2D eigenvalue weighted by atomic mass is 10.1. The molecule has 1 aromatic heterocycles. The number of aromatic nitrogens is 2. The van der Waals surface area contributed by atoms with Crippen molar-refractivity contribution in [1.29, 1.82) is 0 Å². The summed E-state index contributed by atoms with van der Waals surface area (Å²) >= 11 is 0. The van der Waals surface area contributed by atoms with E-state index < -0.39 is 0 Å². The van der Waals surface area contributed by atoms with E-state index in [2.05, 4.69) is 15.5 Å². The highest BCUT2D eigenvalue weighted by Gasteiger charge is 2.10. The van der Waals surface area contributed by atoms with Crippen LogP contribution in [0.4, 0.5) is 10.1 Å². The third-order valence-corrected chi connectivity index (χ3v) is 3.07. The fourth-order valence-electron chi connectivity index (χ4n) is 2.09. The number of carbonyl (C=O) groups is 1. The van der Waals surface area contributed by atoms with Gasteiger partial charge in [0.15, 0.2) is 0 Å². The minimum absolute atomic E-state index is 0.000905. The molecule has 0 radical (unpaired) electrons. The molecule has 0 atom stereocenters. The minimum atomic E-state index is -0.371. The zero-order chi connectivity index (χ0) is 13.9. The quantitative estimate of drug-likeness (QED) is 0.768. The lowest BCUT2D eigenvalue weighted by molar-refractivity contribution is -0.115. The fourth-order valence-corrected chi connectivity index (χ4v) is 2.09. The van der Waals surface area contributed by atoms with E-state index in [9.17, 15) is 9.18 Å². The lowest BCUT2D eigenvalue weighted by Gasteiger charge is -2.07. The molecule has 0 aliphatic carbocycles. The number of benzene rings is 2. The molecule has 0 fully saturated rings. The number of anilines is 1. The van der Waals surface area contributed by atoms with Gasteiger partial charge in [-0.25, -0.2) is 4.39 Å². The van der Waals surface area contributed by atoms with Gasteiger partial charge in [-0.3, -0.25) is 9.89 Å². The Kier molecular flexibility index (Phi) is 3.16. The van der Waals surface area contributed by atoms with E-state index in [0.29, 0.717) is 11.3 Å². The van der Waals surface area contributed by atoms with Crippen molar-refractivity contribution in [2.45, 2.75) is 6.42 Å². The van der Waals surface area contributed by atoms with Gasteiger partial charge >= 0.3 is 0 Å². The maximum atomic E-state index is 13.5. The van der Waals surface area contributed by atoms with Crippen molar-refractivity contribution in [3.05, 3.63) is 60.0 Å². The van der Waals surface area contributed by atoms with Gasteiger partial charge in [0.1, 0.15) is 5.82 Å². The number of hydrogen-bond acceptors (Lipinski definition) is 2. The van der Waals surface area contributed by atoms with Gasteiger partial charge in [-0.2, -0.15) is 5.10 Å². The van der Waals surface area contributed by atoms with Gasteiger partial charge in [0.25, 0.3) is 0 Å². The van der Waals surface area contributed by atoms with Crippen molar-refractivity contribution < 1.29 is 9.18 Å². The second kappa shape index (κ2) is 5.13. The second-order valence-electron chi connectivity index (χ2n) is 4.45. The predicted octanol–water partition coefficient (Wildman–Crippen LogP) is 2.88. The molecule has 0 saturated heterocycles. The van der Waals surface area contributed by atoms with Crippen molar-refractivity contribution in [2.24, 2.45) is 0 Å². The monoisotopic (exact) mass is 269 g/mol. The van der Waals surface area contributed by atoms with E-state index in [-0.39, 0.29) is 18.1 Å². The van der Waals surface area contributed by atoms with Gasteiger partial charge in [-0.05, 0) is 23.8 Å². The van der Waals surface area contributed by atoms with Crippen LogP contribution in [-0.4, -0.2) is 16.1 Å². The first-order valence-corrected chi connectivity index (χ1v) is 6.19. The summed E-state index contributed by atoms with van der Waals surface area (Å²) in [6, 6.07) is 11.7. The van der Waals surface area contributed by atoms with E-state index in [1.165, 1.54) is 6.07 Å². The van der Waals surface area contributed by atoms with Gasteiger partial charge in [0.05, 0.1) is 23.8 Å². The number of fused-ring (bicyclic) bond motifs is 1. The SMILES string of the molecule is O=C(Cc1ccccc1F)Nc1cccc2[nH]ncc12. The van der Waals surface area contributed by atoms with Crippen LogP contribution in [0.25, 0.3) is 10.9 Å². The summed E-state index contributed by atoms with van der Waals surface area (Å²) in [4.78, 5) is 12.0. The Morgan fingerprint density at radius 3 is 2.90 bits per heavy atom. The summed E-state index contributed by atoms with van der Waals surface area (Å²) < 4.78 is 13.5. The number of halogens is 1. The Balaban J connectivity index is 1.80. The highest BCUT2D eigenvalue weighted by Crippen LogP contribution is 2.21. The Labute approximate surface area is 114 Å². The molecule has 1 amide bonds. The summed E-state index contributed by atoms with van der Waals surface area (Å²) in [5, 5.41) is 10.4. The molecule has 2 aromatic carbocycles. The molecule has 4 nitrogen and oxygen atoms in total. The minimum Gasteiger partial charge on any atom is -0.325 e. The van der Waals surface area contributed by atoms with Gasteiger partial charge in [0.2, 0.25) is 5.91 Å². The van der Waals surface area contributed by atoms with Gasteiger partial charge in [-0.1, -0.05) is 24.3 Å². The van der Waals surface area contributed by atoms with Crippen LogP contribution in [0, 0.1) is 5.82 Å². The zero-order valence-electron chi connectivity index (χ0n) is 10.6. The summed E-state index contributed by atoms with van der Waals surface area (Å²) in [6.07, 6.45) is 1.65. The van der Waals surface area contributed by atoms with Crippen molar-refractivity contribution >= 4 is 22.5 Å². The van der Waals surface area contributed by atoms with E-state index >= 15 is 0 Å². The standard InChI is InChI=1S/C15H12FN3O/c16-12-5-2-1-4-10(12)8-15(20)18-13-6-3-7-14-11(13)9-17-19-14/h1-7,9H,8H2,(H,17,19)(H,18,20). The van der Waals surface area contributed by atoms with Crippen LogP contribution in [0.2, 0.25) is 0 Å². The third kappa shape index (κ3) is 2.38. The molecule has 0 spiro atoms. The van der Waals surface area contributed by atoms with Crippen molar-refractivity contribution in [3.8, 4) is 0 Å². The van der Waals surface area contributed by atoms with Crippen molar-refractivity contribution in [3.63, 3.8) is 0 Å². The molecule has 0 saturated carbocycles. The Bertz CT molecular complexity index is 766. The average molecular weight is 269 g/mol. The summed E-state index contributed by atoms with van der Waals surface area (Å²) in [5.74, 6) is -0.632. The number of rotatable bonds is 3. The normalized spacial score (nSPS) is 10.7. The number of amides is 1. The maximum absolute atomic E-state index is 13.5. The number of H-pyrrole nitrogens is 1. The molecule has 0 bridgehead atoms. The average Bonchev–Trinajstić information content (AvgIpc) is 2.91. The number of hydrogen-bond donors (Lipinski definition) is 2. The topological polar surface area (TPSA) is 57.8 Å². The summed E-state index contributed by atoms with van der Waals surface area (Å²) in [6.45, 7) is 0. The van der Waals surface area contributed by atoms with Crippen LogP contribution < -0.4 is 5.32 Å². The highest BCUT2D eigenvalue weighted by molar-refractivity contribution is 6.01. The van der Waals surface area contributed by atoms with Crippen molar-refractivity contribution in [2.75, 3.05) is 5.32 Å². The lowest BCUT2D eigenvalue weighted by Crippen LogP contribution is -2.15. The Morgan fingerprint density at radius 1 is 1.20 bits per heavy atom.